The molecule has 3 aromatic rings. The number of para-hydroxylation sites is 2. The number of hydrogen-bond donors (Lipinski definition) is 0. The number of hydrogen-bond acceptors (Lipinski definition) is 4. The van der Waals surface area contributed by atoms with Crippen LogP contribution in [0, 0.1) is 0 Å². The maximum Gasteiger partial charge on any atom is 0.420 e. The highest BCUT2D eigenvalue weighted by atomic mass is 16.4. The third-order valence-corrected chi connectivity index (χ3v) is 5.36. The van der Waals surface area contributed by atoms with Crippen molar-refractivity contribution in [1.82, 2.24) is 14.4 Å². The van der Waals surface area contributed by atoms with Gasteiger partial charge in [0.2, 0.25) is 5.91 Å². The molecule has 0 spiro atoms. The molecule has 1 atom stereocenters. The number of oxazole rings is 1. The van der Waals surface area contributed by atoms with Crippen LogP contribution in [0.3, 0.4) is 0 Å². The van der Waals surface area contributed by atoms with Crippen molar-refractivity contribution in [3.63, 3.8) is 0 Å². The van der Waals surface area contributed by atoms with Crippen LogP contribution in [0.1, 0.15) is 18.5 Å². The zero-order valence-corrected chi connectivity index (χ0v) is 15.4. The molecule has 6 nitrogen and oxygen atoms in total. The number of rotatable bonds is 4. The number of benzene rings is 2. The number of aromatic nitrogens is 1. The van der Waals surface area contributed by atoms with Crippen molar-refractivity contribution in [2.75, 3.05) is 26.2 Å². The van der Waals surface area contributed by atoms with E-state index in [9.17, 15) is 9.59 Å². The molecule has 4 rings (SSSR count). The Morgan fingerprint density at radius 3 is 2.41 bits per heavy atom. The van der Waals surface area contributed by atoms with Gasteiger partial charge in [0.05, 0.1) is 5.52 Å². The first-order valence-corrected chi connectivity index (χ1v) is 9.28. The van der Waals surface area contributed by atoms with Crippen LogP contribution in [-0.2, 0) is 11.3 Å². The van der Waals surface area contributed by atoms with Crippen LogP contribution in [0.4, 0.5) is 0 Å². The lowest BCUT2D eigenvalue weighted by atomic mass is 10.1. The molecule has 1 fully saturated rings. The van der Waals surface area contributed by atoms with Gasteiger partial charge in [-0.05, 0) is 24.6 Å². The molecule has 1 aliphatic heterocycles. The van der Waals surface area contributed by atoms with Crippen LogP contribution in [0.2, 0.25) is 0 Å². The number of nitrogens with zero attached hydrogens (tertiary/aromatic N) is 3. The lowest BCUT2D eigenvalue weighted by Crippen LogP contribution is -2.50. The molecule has 0 aliphatic carbocycles. The summed E-state index contributed by atoms with van der Waals surface area (Å²) in [6.07, 6.45) is 0. The minimum Gasteiger partial charge on any atom is -0.408 e. The van der Waals surface area contributed by atoms with E-state index in [2.05, 4.69) is 36.1 Å². The van der Waals surface area contributed by atoms with Gasteiger partial charge in [-0.1, -0.05) is 42.5 Å². The summed E-state index contributed by atoms with van der Waals surface area (Å²) in [6.45, 7) is 5.20. The van der Waals surface area contributed by atoms with Crippen molar-refractivity contribution < 1.29 is 9.21 Å². The minimum absolute atomic E-state index is 0.0179. The standard InChI is InChI=1S/C21H23N3O3/c1-16(17-7-3-2-4-8-17)22-11-13-23(14-12-22)20(25)15-24-18-9-5-6-10-19(18)27-21(24)26/h2-10,16H,11-15H2,1H3. The van der Waals surface area contributed by atoms with Crippen LogP contribution < -0.4 is 5.76 Å². The first-order chi connectivity index (χ1) is 13.1. The summed E-state index contributed by atoms with van der Waals surface area (Å²) in [5, 5.41) is 0. The van der Waals surface area contributed by atoms with Crippen LogP contribution >= 0.6 is 0 Å². The highest BCUT2D eigenvalue weighted by molar-refractivity contribution is 5.79. The van der Waals surface area contributed by atoms with Crippen molar-refractivity contribution in [3.05, 3.63) is 70.7 Å². The molecule has 1 unspecified atom stereocenters. The summed E-state index contributed by atoms with van der Waals surface area (Å²) >= 11 is 0. The first kappa shape index (κ1) is 17.5. The van der Waals surface area contributed by atoms with E-state index in [1.807, 2.05) is 23.1 Å². The maximum atomic E-state index is 12.7. The number of fused-ring (bicyclic) bond motifs is 1. The summed E-state index contributed by atoms with van der Waals surface area (Å²) in [6, 6.07) is 17.9. The fourth-order valence-corrected chi connectivity index (χ4v) is 3.70. The number of amides is 1. The molecule has 2 aromatic carbocycles. The van der Waals surface area contributed by atoms with Gasteiger partial charge in [0.1, 0.15) is 6.54 Å². The fourth-order valence-electron chi connectivity index (χ4n) is 3.70. The van der Waals surface area contributed by atoms with E-state index >= 15 is 0 Å². The van der Waals surface area contributed by atoms with Gasteiger partial charge in [-0.25, -0.2) is 4.79 Å². The molecular weight excluding hydrogens is 342 g/mol. The van der Waals surface area contributed by atoms with E-state index in [-0.39, 0.29) is 12.5 Å². The molecule has 1 aliphatic rings. The van der Waals surface area contributed by atoms with Crippen LogP contribution in [0.25, 0.3) is 11.1 Å². The van der Waals surface area contributed by atoms with E-state index < -0.39 is 5.76 Å². The molecule has 0 N–H and O–H groups in total. The number of carbonyl (C=O) groups is 1. The van der Waals surface area contributed by atoms with Gasteiger partial charge in [-0.3, -0.25) is 14.3 Å². The van der Waals surface area contributed by atoms with Crippen molar-refractivity contribution in [2.24, 2.45) is 0 Å². The van der Waals surface area contributed by atoms with Crippen molar-refractivity contribution in [1.29, 1.82) is 0 Å². The summed E-state index contributed by atoms with van der Waals surface area (Å²) < 4.78 is 6.63. The summed E-state index contributed by atoms with van der Waals surface area (Å²) in [7, 11) is 0. The molecule has 1 aromatic heterocycles. The quantitative estimate of drug-likeness (QED) is 0.713. The maximum absolute atomic E-state index is 12.7. The van der Waals surface area contributed by atoms with E-state index in [1.54, 1.807) is 12.1 Å². The Bertz CT molecular complexity index is 985. The van der Waals surface area contributed by atoms with Gasteiger partial charge < -0.3 is 9.32 Å². The second-order valence-corrected chi connectivity index (χ2v) is 6.93. The first-order valence-electron chi connectivity index (χ1n) is 9.28. The van der Waals surface area contributed by atoms with Gasteiger partial charge in [-0.2, -0.15) is 0 Å². The zero-order valence-electron chi connectivity index (χ0n) is 15.4. The smallest absolute Gasteiger partial charge is 0.408 e. The SMILES string of the molecule is CC(c1ccccc1)N1CCN(C(=O)Cn2c(=O)oc3ccccc32)CC1. The molecular formula is C21H23N3O3. The Morgan fingerprint density at radius 2 is 1.67 bits per heavy atom. The Kier molecular flexibility index (Phi) is 4.81. The molecule has 0 saturated carbocycles. The Balaban J connectivity index is 1.40. The second-order valence-electron chi connectivity index (χ2n) is 6.93. The van der Waals surface area contributed by atoms with Crippen molar-refractivity contribution >= 4 is 17.0 Å². The second kappa shape index (κ2) is 7.40. The molecule has 0 radical (unpaired) electrons. The van der Waals surface area contributed by atoms with Crippen LogP contribution in [0.15, 0.2) is 63.8 Å². The van der Waals surface area contributed by atoms with Gasteiger partial charge >= 0.3 is 5.76 Å². The lowest BCUT2D eigenvalue weighted by molar-refractivity contribution is -0.133. The Hall–Kier alpha value is -2.86. The Morgan fingerprint density at radius 1 is 1.00 bits per heavy atom. The summed E-state index contributed by atoms with van der Waals surface area (Å²) in [5.41, 5.74) is 2.46. The third kappa shape index (κ3) is 3.53. The topological polar surface area (TPSA) is 58.7 Å². The highest BCUT2D eigenvalue weighted by Crippen LogP contribution is 2.21. The van der Waals surface area contributed by atoms with Crippen LogP contribution in [-0.4, -0.2) is 46.5 Å². The van der Waals surface area contributed by atoms with Gasteiger partial charge in [0.15, 0.2) is 5.58 Å². The fraction of sp³-hybridized carbons (Fsp3) is 0.333. The van der Waals surface area contributed by atoms with Crippen molar-refractivity contribution in [3.8, 4) is 0 Å². The highest BCUT2D eigenvalue weighted by Gasteiger charge is 2.25. The Labute approximate surface area is 157 Å². The van der Waals surface area contributed by atoms with Gasteiger partial charge in [-0.15, -0.1) is 0 Å². The summed E-state index contributed by atoms with van der Waals surface area (Å²) in [4.78, 5) is 29.0. The van der Waals surface area contributed by atoms with E-state index in [0.717, 1.165) is 13.1 Å². The monoisotopic (exact) mass is 365 g/mol. The molecule has 0 bridgehead atoms. The molecule has 1 amide bonds. The number of carbonyl (C=O) groups excluding carboxylic acids is 1. The van der Waals surface area contributed by atoms with Gasteiger partial charge in [0, 0.05) is 32.2 Å². The molecule has 2 heterocycles. The predicted octanol–water partition coefficient (Wildman–Crippen LogP) is 2.50. The molecule has 27 heavy (non-hydrogen) atoms. The summed E-state index contributed by atoms with van der Waals surface area (Å²) in [5.74, 6) is -0.531. The normalized spacial score (nSPS) is 16.6. The zero-order chi connectivity index (χ0) is 18.8. The van der Waals surface area contributed by atoms with E-state index in [0.29, 0.717) is 30.2 Å². The molecule has 6 heteroatoms. The number of piperazine rings is 1. The molecule has 1 saturated heterocycles. The third-order valence-electron chi connectivity index (χ3n) is 5.36. The molecule has 140 valence electrons. The lowest BCUT2D eigenvalue weighted by Gasteiger charge is -2.38. The minimum atomic E-state index is -0.485. The van der Waals surface area contributed by atoms with Crippen molar-refractivity contribution in [2.45, 2.75) is 19.5 Å². The van der Waals surface area contributed by atoms with E-state index in [1.165, 1.54) is 10.1 Å². The largest absolute Gasteiger partial charge is 0.420 e. The predicted molar refractivity (Wildman–Crippen MR) is 103 cm³/mol. The van der Waals surface area contributed by atoms with Crippen LogP contribution in [0.5, 0.6) is 0 Å². The average Bonchev–Trinajstić information content (AvgIpc) is 3.03. The average molecular weight is 365 g/mol. The van der Waals surface area contributed by atoms with Gasteiger partial charge in [0.25, 0.3) is 0 Å². The van der Waals surface area contributed by atoms with E-state index in [4.69, 9.17) is 4.42 Å².